The number of amides is 1. The van der Waals surface area contributed by atoms with Gasteiger partial charge in [0.2, 0.25) is 0 Å². The summed E-state index contributed by atoms with van der Waals surface area (Å²) in [5.41, 5.74) is 0.180. The molecule has 0 radical (unpaired) electrons. The summed E-state index contributed by atoms with van der Waals surface area (Å²) < 4.78 is 14.4. The number of carbonyl (C=O) groups excluding carboxylic acids is 1. The molecule has 0 fully saturated rings. The number of nitrogens with one attached hydrogen (secondary N) is 2. The molecule has 0 aliphatic heterocycles. The van der Waals surface area contributed by atoms with Gasteiger partial charge in [-0.15, -0.1) is 0 Å². The summed E-state index contributed by atoms with van der Waals surface area (Å²) in [6.45, 7) is 0.0345. The Kier molecular flexibility index (Phi) is 4.25. The molecule has 23 heavy (non-hydrogen) atoms. The van der Waals surface area contributed by atoms with Crippen molar-refractivity contribution in [3.8, 4) is 0 Å². The first-order valence-corrected chi connectivity index (χ1v) is 7.68. The van der Waals surface area contributed by atoms with E-state index in [2.05, 4.69) is 26.2 Å². The number of carbonyl (C=O) groups is 1. The van der Waals surface area contributed by atoms with Crippen molar-refractivity contribution in [2.45, 2.75) is 6.54 Å². The van der Waals surface area contributed by atoms with E-state index in [-0.39, 0.29) is 17.8 Å². The van der Waals surface area contributed by atoms with Crippen molar-refractivity contribution >= 4 is 32.6 Å². The van der Waals surface area contributed by atoms with Gasteiger partial charge in [-0.2, -0.15) is 0 Å². The Hall–Kier alpha value is -2.47. The zero-order chi connectivity index (χ0) is 16.4. The quantitative estimate of drug-likeness (QED) is 0.738. The molecule has 6 heteroatoms. The van der Waals surface area contributed by atoms with Crippen LogP contribution in [0.2, 0.25) is 0 Å². The van der Waals surface area contributed by atoms with Crippen LogP contribution < -0.4 is 10.9 Å². The lowest BCUT2D eigenvalue weighted by molar-refractivity contribution is 0.0945. The van der Waals surface area contributed by atoms with E-state index in [0.717, 1.165) is 0 Å². The molecule has 0 aliphatic rings. The highest BCUT2D eigenvalue weighted by Gasteiger charge is 2.10. The number of hydrogen-bond acceptors (Lipinski definition) is 2. The summed E-state index contributed by atoms with van der Waals surface area (Å²) in [4.78, 5) is 26.7. The molecule has 0 spiro atoms. The van der Waals surface area contributed by atoms with Crippen LogP contribution in [0.5, 0.6) is 0 Å². The van der Waals surface area contributed by atoms with Gasteiger partial charge in [-0.3, -0.25) is 9.59 Å². The molecule has 4 nitrogen and oxygen atoms in total. The van der Waals surface area contributed by atoms with Gasteiger partial charge >= 0.3 is 0 Å². The standard InChI is InChI=1S/C17H12BrFN2O2/c18-12-6-5-11(14(19)8-12)9-20-17(23)15-7-10-3-1-2-4-13(10)16(22)21-15/h1-8H,9H2,(H,20,23)(H,21,22). The molecule has 1 amide bonds. The average molecular weight is 375 g/mol. The van der Waals surface area contributed by atoms with E-state index in [1.807, 2.05) is 0 Å². The number of hydrogen-bond donors (Lipinski definition) is 2. The third-order valence-corrected chi connectivity index (χ3v) is 3.95. The number of aromatic amines is 1. The zero-order valence-corrected chi connectivity index (χ0v) is 13.5. The van der Waals surface area contributed by atoms with Crippen molar-refractivity contribution in [2.24, 2.45) is 0 Å². The third-order valence-electron chi connectivity index (χ3n) is 3.45. The lowest BCUT2D eigenvalue weighted by Crippen LogP contribution is -2.26. The summed E-state index contributed by atoms with van der Waals surface area (Å²) in [6.07, 6.45) is 0. The summed E-state index contributed by atoms with van der Waals surface area (Å²) in [7, 11) is 0. The number of pyridine rings is 1. The summed E-state index contributed by atoms with van der Waals surface area (Å²) >= 11 is 3.18. The smallest absolute Gasteiger partial charge is 0.268 e. The highest BCUT2D eigenvalue weighted by Crippen LogP contribution is 2.15. The minimum Gasteiger partial charge on any atom is -0.347 e. The molecule has 3 rings (SSSR count). The van der Waals surface area contributed by atoms with Crippen LogP contribution in [0, 0.1) is 5.82 Å². The molecule has 116 valence electrons. The molecular weight excluding hydrogens is 363 g/mol. The first kappa shape index (κ1) is 15.4. The summed E-state index contributed by atoms with van der Waals surface area (Å²) in [5.74, 6) is -0.873. The fraction of sp³-hybridized carbons (Fsp3) is 0.0588. The van der Waals surface area contributed by atoms with Gasteiger partial charge in [0, 0.05) is 22.0 Å². The molecule has 1 aromatic heterocycles. The second kappa shape index (κ2) is 6.34. The van der Waals surface area contributed by atoms with Gasteiger partial charge in [0.1, 0.15) is 11.5 Å². The highest BCUT2D eigenvalue weighted by atomic mass is 79.9. The fourth-order valence-corrected chi connectivity index (χ4v) is 2.60. The van der Waals surface area contributed by atoms with Gasteiger partial charge in [-0.1, -0.05) is 40.2 Å². The van der Waals surface area contributed by atoms with Crippen LogP contribution in [-0.2, 0) is 6.54 Å². The van der Waals surface area contributed by atoms with Crippen molar-refractivity contribution in [2.75, 3.05) is 0 Å². The van der Waals surface area contributed by atoms with Crippen molar-refractivity contribution in [1.29, 1.82) is 0 Å². The number of H-pyrrole nitrogens is 1. The molecule has 0 saturated heterocycles. The van der Waals surface area contributed by atoms with Crippen molar-refractivity contribution in [3.05, 3.63) is 80.4 Å². The predicted octanol–water partition coefficient (Wildman–Crippen LogP) is 3.36. The van der Waals surface area contributed by atoms with Crippen molar-refractivity contribution < 1.29 is 9.18 Å². The molecule has 0 bridgehead atoms. The van der Waals surface area contributed by atoms with E-state index in [1.54, 1.807) is 42.5 Å². The first-order valence-electron chi connectivity index (χ1n) is 6.89. The normalized spacial score (nSPS) is 10.7. The Bertz CT molecular complexity index is 953. The minimum absolute atomic E-state index is 0.0345. The number of halogens is 2. The number of aromatic nitrogens is 1. The maximum Gasteiger partial charge on any atom is 0.268 e. The van der Waals surface area contributed by atoms with E-state index in [0.29, 0.717) is 20.8 Å². The predicted molar refractivity (Wildman–Crippen MR) is 89.8 cm³/mol. The second-order valence-electron chi connectivity index (χ2n) is 5.02. The SMILES string of the molecule is O=C(NCc1ccc(Br)cc1F)c1cc2ccccc2c(=O)[nH]1. The maximum atomic E-state index is 13.7. The molecule has 1 heterocycles. The lowest BCUT2D eigenvalue weighted by Gasteiger charge is -2.07. The topological polar surface area (TPSA) is 62.0 Å². The van der Waals surface area contributed by atoms with E-state index in [9.17, 15) is 14.0 Å². The maximum absolute atomic E-state index is 13.7. The van der Waals surface area contributed by atoms with Gasteiger partial charge in [-0.25, -0.2) is 4.39 Å². The molecule has 2 N–H and O–H groups in total. The van der Waals surface area contributed by atoms with Crippen LogP contribution in [0.25, 0.3) is 10.8 Å². The van der Waals surface area contributed by atoms with E-state index in [1.165, 1.54) is 6.07 Å². The molecule has 0 aliphatic carbocycles. The van der Waals surface area contributed by atoms with Gasteiger partial charge in [0.15, 0.2) is 0 Å². The highest BCUT2D eigenvalue weighted by molar-refractivity contribution is 9.10. The Morgan fingerprint density at radius 3 is 2.74 bits per heavy atom. The van der Waals surface area contributed by atoms with E-state index >= 15 is 0 Å². The zero-order valence-electron chi connectivity index (χ0n) is 11.9. The van der Waals surface area contributed by atoms with E-state index in [4.69, 9.17) is 0 Å². The molecule has 3 aromatic rings. The fourth-order valence-electron chi connectivity index (χ4n) is 2.27. The Balaban J connectivity index is 1.82. The Morgan fingerprint density at radius 1 is 1.17 bits per heavy atom. The average Bonchev–Trinajstić information content (AvgIpc) is 2.53. The van der Waals surface area contributed by atoms with Gasteiger partial charge in [0.05, 0.1) is 0 Å². The summed E-state index contributed by atoms with van der Waals surface area (Å²) in [5, 5.41) is 3.80. The van der Waals surface area contributed by atoms with Gasteiger partial charge < -0.3 is 10.3 Å². The lowest BCUT2D eigenvalue weighted by atomic mass is 10.1. The molecule has 2 aromatic carbocycles. The van der Waals surface area contributed by atoms with Gasteiger partial charge in [-0.05, 0) is 29.7 Å². The minimum atomic E-state index is -0.463. The molecular formula is C17H12BrFN2O2. The summed E-state index contributed by atoms with van der Waals surface area (Å²) in [6, 6.07) is 13.2. The largest absolute Gasteiger partial charge is 0.347 e. The Morgan fingerprint density at radius 2 is 1.96 bits per heavy atom. The van der Waals surface area contributed by atoms with E-state index < -0.39 is 11.7 Å². The number of rotatable bonds is 3. The molecule has 0 saturated carbocycles. The molecule has 0 atom stereocenters. The van der Waals surface area contributed by atoms with Gasteiger partial charge in [0.25, 0.3) is 11.5 Å². The van der Waals surface area contributed by atoms with Crippen LogP contribution >= 0.6 is 15.9 Å². The first-order chi connectivity index (χ1) is 11.0. The monoisotopic (exact) mass is 374 g/mol. The van der Waals surface area contributed by atoms with Crippen LogP contribution in [0.1, 0.15) is 16.1 Å². The van der Waals surface area contributed by atoms with Crippen LogP contribution in [0.4, 0.5) is 4.39 Å². The number of fused-ring (bicyclic) bond motifs is 1. The van der Waals surface area contributed by atoms with Crippen LogP contribution in [-0.4, -0.2) is 10.9 Å². The van der Waals surface area contributed by atoms with Crippen molar-refractivity contribution in [1.82, 2.24) is 10.3 Å². The third kappa shape index (κ3) is 3.32. The van der Waals surface area contributed by atoms with Crippen LogP contribution in [0.3, 0.4) is 0 Å². The molecule has 0 unspecified atom stereocenters. The number of benzene rings is 2. The second-order valence-corrected chi connectivity index (χ2v) is 5.93. The van der Waals surface area contributed by atoms with Crippen LogP contribution in [0.15, 0.2) is 57.8 Å². The van der Waals surface area contributed by atoms with Crippen molar-refractivity contribution in [3.63, 3.8) is 0 Å². The Labute approximate surface area is 139 Å².